The zero-order valence-electron chi connectivity index (χ0n) is 31.5. The number of aryl methyl sites for hydroxylation is 1. The van der Waals surface area contributed by atoms with Gasteiger partial charge in [0.25, 0.3) is 5.91 Å². The predicted octanol–water partition coefficient (Wildman–Crippen LogP) is 4.64. The highest BCUT2D eigenvalue weighted by molar-refractivity contribution is 5.98. The molecule has 2 saturated carbocycles. The number of aliphatic carboxylic acids is 1. The van der Waals surface area contributed by atoms with Crippen LogP contribution in [0.1, 0.15) is 53.0 Å². The van der Waals surface area contributed by atoms with Crippen molar-refractivity contribution in [1.82, 2.24) is 31.1 Å². The van der Waals surface area contributed by atoms with E-state index in [2.05, 4.69) is 31.5 Å². The maximum absolute atomic E-state index is 14.2. The molecular weight excluding hydrogens is 760 g/mol. The normalized spacial score (nSPS) is 22.1. The molecule has 4 aromatic rings. The molecule has 2 heterocycles. The number of nitrogens with two attached hydrogens (primary N) is 1. The van der Waals surface area contributed by atoms with Crippen LogP contribution in [0.25, 0.3) is 22.5 Å². The second-order valence-electron chi connectivity index (χ2n) is 15.5. The lowest BCUT2D eigenvalue weighted by Gasteiger charge is -2.28. The van der Waals surface area contributed by atoms with E-state index in [1.165, 1.54) is 24.3 Å². The van der Waals surface area contributed by atoms with Gasteiger partial charge in [-0.2, -0.15) is 17.6 Å². The summed E-state index contributed by atoms with van der Waals surface area (Å²) >= 11 is 0. The van der Waals surface area contributed by atoms with Crippen LogP contribution in [0.2, 0.25) is 0 Å². The number of rotatable bonds is 14. The van der Waals surface area contributed by atoms with Crippen LogP contribution >= 0.6 is 0 Å². The van der Waals surface area contributed by atoms with E-state index in [0.717, 1.165) is 48.2 Å². The maximum atomic E-state index is 14.2. The Morgan fingerprint density at radius 2 is 1.55 bits per heavy atom. The molecule has 3 aromatic carbocycles. The predicted molar refractivity (Wildman–Crippen MR) is 205 cm³/mol. The molecular formula is C41H44F4N8O5. The van der Waals surface area contributed by atoms with Gasteiger partial charge >= 0.3 is 17.8 Å². The summed E-state index contributed by atoms with van der Waals surface area (Å²) < 4.78 is 55.9. The Kier molecular flexibility index (Phi) is 11.4. The molecule has 58 heavy (non-hydrogen) atoms. The highest BCUT2D eigenvalue weighted by Crippen LogP contribution is 2.43. The first kappa shape index (κ1) is 40.5. The standard InChI is InChI=1S/C41H44F4N8O5/c1-21-16-27(36(55)50-33-30-19-47-20-31(30)33)12-15-29(21)24-6-2-22(3-7-24)17-32(49-35(54)26-8-4-23(18-46)5-9-26)37(56)48-28-13-10-25(11-14-28)34-51-38(53-52-34)40(42,43)41(44,45)39(57)58/h2-3,6-7,10-16,23,26,30-33,47H,4-5,8-9,17-20,46H2,1H3,(H,48,56)(H,49,54)(H,50,55)(H,57,58)(H,51,52,53)/t23-,26-,30?,31?,32-,33?/m0/s1. The number of carboxylic acid groups (broad SMARTS) is 1. The summed E-state index contributed by atoms with van der Waals surface area (Å²) in [6.07, 6.45) is 3.09. The molecule has 7 rings (SSSR count). The Morgan fingerprint density at radius 3 is 2.17 bits per heavy atom. The topological polar surface area (TPSA) is 204 Å². The van der Waals surface area contributed by atoms with Gasteiger partial charge in [0.1, 0.15) is 6.04 Å². The number of hydrogen-bond acceptors (Lipinski definition) is 8. The van der Waals surface area contributed by atoms with E-state index in [1.54, 1.807) is 0 Å². The molecule has 306 valence electrons. The second kappa shape index (κ2) is 16.3. The van der Waals surface area contributed by atoms with Crippen LogP contribution in [-0.4, -0.2) is 81.6 Å². The fourth-order valence-corrected chi connectivity index (χ4v) is 7.97. The van der Waals surface area contributed by atoms with E-state index in [4.69, 9.17) is 10.8 Å². The number of fused-ring (bicyclic) bond motifs is 1. The molecule has 0 spiro atoms. The largest absolute Gasteiger partial charge is 0.477 e. The number of hydrogen-bond donors (Lipinski definition) is 7. The van der Waals surface area contributed by atoms with Crippen LogP contribution in [0.5, 0.6) is 0 Å². The highest BCUT2D eigenvalue weighted by atomic mass is 19.3. The number of amides is 3. The van der Waals surface area contributed by atoms with Crippen LogP contribution in [0.15, 0.2) is 66.7 Å². The summed E-state index contributed by atoms with van der Waals surface area (Å²) in [6.45, 7) is 4.37. The van der Waals surface area contributed by atoms with Crippen molar-refractivity contribution in [2.75, 3.05) is 25.0 Å². The fraction of sp³-hybridized carbons (Fsp3) is 0.415. The number of anilines is 1. The van der Waals surface area contributed by atoms with E-state index in [-0.39, 0.29) is 47.3 Å². The van der Waals surface area contributed by atoms with Gasteiger partial charge in [0.05, 0.1) is 0 Å². The lowest BCUT2D eigenvalue weighted by Crippen LogP contribution is -2.48. The zero-order valence-corrected chi connectivity index (χ0v) is 31.5. The summed E-state index contributed by atoms with van der Waals surface area (Å²) in [5.74, 6) is -15.3. The summed E-state index contributed by atoms with van der Waals surface area (Å²) in [6, 6.07) is 18.0. The molecule has 3 atom stereocenters. The minimum atomic E-state index is -5.44. The van der Waals surface area contributed by atoms with Crippen LogP contribution < -0.4 is 27.0 Å². The van der Waals surface area contributed by atoms with Crippen molar-refractivity contribution >= 4 is 29.4 Å². The Labute approximate surface area is 331 Å². The number of carboxylic acids is 1. The van der Waals surface area contributed by atoms with Crippen LogP contribution in [0.4, 0.5) is 23.2 Å². The van der Waals surface area contributed by atoms with Crippen molar-refractivity contribution in [3.63, 3.8) is 0 Å². The second-order valence-corrected chi connectivity index (χ2v) is 15.5. The molecule has 8 N–H and O–H groups in total. The van der Waals surface area contributed by atoms with Crippen LogP contribution in [0, 0.1) is 30.6 Å². The summed E-state index contributed by atoms with van der Waals surface area (Å²) in [4.78, 5) is 52.9. The van der Waals surface area contributed by atoms with Crippen molar-refractivity contribution in [2.45, 2.75) is 63.0 Å². The van der Waals surface area contributed by atoms with Crippen molar-refractivity contribution in [2.24, 2.45) is 29.4 Å². The van der Waals surface area contributed by atoms with E-state index in [0.29, 0.717) is 42.7 Å². The first-order valence-corrected chi connectivity index (χ1v) is 19.2. The number of aromatic amines is 1. The minimum Gasteiger partial charge on any atom is -0.477 e. The molecule has 0 bridgehead atoms. The Bertz CT molecular complexity index is 2160. The van der Waals surface area contributed by atoms with Crippen LogP contribution in [-0.2, 0) is 26.7 Å². The molecule has 13 nitrogen and oxygen atoms in total. The van der Waals surface area contributed by atoms with Crippen LogP contribution in [0.3, 0.4) is 0 Å². The van der Waals surface area contributed by atoms with Gasteiger partial charge in [-0.3, -0.25) is 14.4 Å². The molecule has 3 aliphatic rings. The Morgan fingerprint density at radius 1 is 0.897 bits per heavy atom. The Hall–Kier alpha value is -5.68. The summed E-state index contributed by atoms with van der Waals surface area (Å²) in [5.41, 5.74) is 10.4. The number of carbonyl (C=O) groups excluding carboxylic acids is 3. The van der Waals surface area contributed by atoms with Gasteiger partial charge in [0.2, 0.25) is 17.6 Å². The van der Waals surface area contributed by atoms with Gasteiger partial charge in [0, 0.05) is 48.3 Å². The zero-order chi connectivity index (χ0) is 41.4. The third kappa shape index (κ3) is 8.32. The lowest BCUT2D eigenvalue weighted by molar-refractivity contribution is -0.231. The smallest absolute Gasteiger partial charge is 0.411 e. The average molecular weight is 805 g/mol. The quantitative estimate of drug-likeness (QED) is 0.0887. The number of carbonyl (C=O) groups is 4. The van der Waals surface area contributed by atoms with Gasteiger partial charge in [0.15, 0.2) is 5.82 Å². The number of nitrogens with zero attached hydrogens (tertiary/aromatic N) is 2. The van der Waals surface area contributed by atoms with Gasteiger partial charge < -0.3 is 37.1 Å². The molecule has 1 saturated heterocycles. The fourth-order valence-electron chi connectivity index (χ4n) is 7.97. The van der Waals surface area contributed by atoms with Crippen molar-refractivity contribution < 1.29 is 41.8 Å². The Balaban J connectivity index is 1.03. The van der Waals surface area contributed by atoms with Crippen molar-refractivity contribution in [1.29, 1.82) is 0 Å². The number of piperidine rings is 1. The summed E-state index contributed by atoms with van der Waals surface area (Å²) in [7, 11) is 0. The number of aromatic nitrogens is 3. The minimum absolute atomic E-state index is 0.0837. The van der Waals surface area contributed by atoms with Gasteiger partial charge in [-0.25, -0.2) is 4.79 Å². The van der Waals surface area contributed by atoms with E-state index < -0.39 is 35.6 Å². The summed E-state index contributed by atoms with van der Waals surface area (Å²) in [5, 5.41) is 27.3. The maximum Gasteiger partial charge on any atom is 0.411 e. The SMILES string of the molecule is Cc1cc(C(=O)NC2C3CNCC32)ccc1-c1ccc(C[C@H](NC(=O)[C@H]2CC[C@H](CN)CC2)C(=O)Nc2ccc(-c3nnc(C(F)(F)C(F)(F)C(=O)O)[nH]3)cc2)cc1. The number of benzene rings is 3. The third-order valence-corrected chi connectivity index (χ3v) is 11.6. The third-order valence-electron chi connectivity index (χ3n) is 11.6. The number of halogens is 4. The van der Waals surface area contributed by atoms with E-state index >= 15 is 0 Å². The molecule has 0 radical (unpaired) electrons. The molecule has 3 amide bonds. The highest BCUT2D eigenvalue weighted by Gasteiger charge is 2.65. The molecule has 1 aliphatic heterocycles. The lowest BCUT2D eigenvalue weighted by atomic mass is 9.81. The van der Waals surface area contributed by atoms with Gasteiger partial charge in [-0.1, -0.05) is 30.3 Å². The van der Waals surface area contributed by atoms with Crippen molar-refractivity contribution in [3.05, 3.63) is 89.2 Å². The number of nitrogens with one attached hydrogen (secondary N) is 5. The molecule has 2 unspecified atom stereocenters. The van der Waals surface area contributed by atoms with Gasteiger partial charge in [-0.15, -0.1) is 10.2 Å². The first-order chi connectivity index (χ1) is 27.7. The molecule has 2 aliphatic carbocycles. The van der Waals surface area contributed by atoms with E-state index in [1.807, 2.05) is 54.4 Å². The first-order valence-electron chi connectivity index (χ1n) is 19.2. The molecule has 3 fully saturated rings. The average Bonchev–Trinajstić information content (AvgIpc) is 3.56. The molecule has 17 heteroatoms. The number of H-pyrrole nitrogens is 1. The molecule has 1 aromatic heterocycles. The van der Waals surface area contributed by atoms with E-state index in [9.17, 15) is 36.7 Å². The monoisotopic (exact) mass is 804 g/mol. The van der Waals surface area contributed by atoms with Gasteiger partial charge in [-0.05, 0) is 116 Å². The number of alkyl halides is 4. The van der Waals surface area contributed by atoms with Crippen molar-refractivity contribution in [3.8, 4) is 22.5 Å².